The molecular weight excluding hydrogens is 358 g/mol. The molecule has 0 aliphatic heterocycles. The average molecular weight is 381 g/mol. The van der Waals surface area contributed by atoms with E-state index < -0.39 is 18.0 Å². The van der Waals surface area contributed by atoms with Crippen molar-refractivity contribution in [1.82, 2.24) is 0 Å². The van der Waals surface area contributed by atoms with Crippen molar-refractivity contribution in [3.05, 3.63) is 65.7 Å². The number of hydrogen-bond donors (Lipinski definition) is 1. The van der Waals surface area contributed by atoms with Gasteiger partial charge in [-0.15, -0.1) is 0 Å². The molecule has 1 atom stereocenters. The zero-order valence-corrected chi connectivity index (χ0v) is 16.1. The molecule has 6 nitrogen and oxygen atoms in total. The van der Waals surface area contributed by atoms with E-state index in [0.29, 0.717) is 17.9 Å². The molecule has 2 aromatic carbocycles. The minimum Gasteiger partial charge on any atom is -0.494 e. The van der Waals surface area contributed by atoms with Gasteiger partial charge in [0.1, 0.15) is 5.75 Å². The fourth-order valence-electron chi connectivity index (χ4n) is 2.33. The fourth-order valence-corrected chi connectivity index (χ4v) is 2.33. The second-order valence-electron chi connectivity index (χ2n) is 6.04. The Morgan fingerprint density at radius 3 is 2.46 bits per heavy atom. The number of ether oxygens (including phenoxy) is 2. The van der Waals surface area contributed by atoms with E-state index in [-0.39, 0.29) is 5.78 Å². The highest BCUT2D eigenvalue weighted by atomic mass is 16.5. The van der Waals surface area contributed by atoms with Crippen LogP contribution < -0.4 is 10.1 Å². The van der Waals surface area contributed by atoms with Gasteiger partial charge in [0.05, 0.1) is 6.61 Å². The lowest BCUT2D eigenvalue weighted by Gasteiger charge is -2.12. The van der Waals surface area contributed by atoms with Crippen LogP contribution in [0.5, 0.6) is 5.75 Å². The first-order valence-corrected chi connectivity index (χ1v) is 8.92. The maximum Gasteiger partial charge on any atom is 0.331 e. The molecule has 2 aromatic rings. The second-order valence-corrected chi connectivity index (χ2v) is 6.04. The number of hydrogen-bond acceptors (Lipinski definition) is 5. The minimum atomic E-state index is -0.988. The normalized spacial score (nSPS) is 11.7. The van der Waals surface area contributed by atoms with Gasteiger partial charge in [0.15, 0.2) is 11.9 Å². The summed E-state index contributed by atoms with van der Waals surface area (Å²) in [6.07, 6.45) is 1.87. The number of carbonyl (C=O) groups is 3. The van der Waals surface area contributed by atoms with Gasteiger partial charge in [-0.1, -0.05) is 24.3 Å². The number of esters is 1. The molecule has 0 aromatic heterocycles. The summed E-state index contributed by atoms with van der Waals surface area (Å²) in [6.45, 7) is 5.41. The first-order chi connectivity index (χ1) is 13.4. The Kier molecular flexibility index (Phi) is 7.51. The Labute approximate surface area is 164 Å². The smallest absolute Gasteiger partial charge is 0.331 e. The summed E-state index contributed by atoms with van der Waals surface area (Å²) >= 11 is 0. The van der Waals surface area contributed by atoms with E-state index in [1.807, 2.05) is 19.1 Å². The molecule has 1 N–H and O–H groups in total. The standard InChI is InChI=1S/C22H23NO5/c1-4-27-20-11-8-17(9-12-20)10-13-21(25)28-16(3)22(26)23-19-7-5-6-18(14-19)15(2)24/h5-14,16H,4H2,1-3H3,(H,23,26)/b13-10+/t16-/m0/s1. The Morgan fingerprint density at radius 1 is 1.11 bits per heavy atom. The molecule has 0 saturated heterocycles. The zero-order chi connectivity index (χ0) is 20.5. The maximum absolute atomic E-state index is 12.2. The van der Waals surface area contributed by atoms with E-state index in [9.17, 15) is 14.4 Å². The fraction of sp³-hybridized carbons (Fsp3) is 0.227. The number of nitrogens with one attached hydrogen (secondary N) is 1. The van der Waals surface area contributed by atoms with Crippen molar-refractivity contribution in [3.8, 4) is 5.75 Å². The number of rotatable bonds is 8. The monoisotopic (exact) mass is 381 g/mol. The Morgan fingerprint density at radius 2 is 1.82 bits per heavy atom. The number of ketones is 1. The maximum atomic E-state index is 12.2. The van der Waals surface area contributed by atoms with E-state index >= 15 is 0 Å². The van der Waals surface area contributed by atoms with E-state index in [4.69, 9.17) is 9.47 Å². The first kappa shape index (κ1) is 20.9. The second kappa shape index (κ2) is 10.1. The summed E-state index contributed by atoms with van der Waals surface area (Å²) in [7, 11) is 0. The third-order valence-electron chi connectivity index (χ3n) is 3.80. The van der Waals surface area contributed by atoms with Gasteiger partial charge in [0, 0.05) is 17.3 Å². The molecule has 0 bridgehead atoms. The average Bonchev–Trinajstić information content (AvgIpc) is 2.67. The predicted molar refractivity (Wildman–Crippen MR) is 107 cm³/mol. The van der Waals surface area contributed by atoms with Gasteiger partial charge in [-0.05, 0) is 56.7 Å². The third kappa shape index (κ3) is 6.39. The van der Waals surface area contributed by atoms with Crippen molar-refractivity contribution in [2.24, 2.45) is 0 Å². The van der Waals surface area contributed by atoms with Crippen LogP contribution in [-0.4, -0.2) is 30.4 Å². The van der Waals surface area contributed by atoms with E-state index in [0.717, 1.165) is 11.3 Å². The van der Waals surface area contributed by atoms with Crippen LogP contribution in [0.4, 0.5) is 5.69 Å². The SMILES string of the molecule is CCOc1ccc(/C=C/C(=O)O[C@@H](C)C(=O)Nc2cccc(C(C)=O)c2)cc1. The van der Waals surface area contributed by atoms with Crippen LogP contribution in [-0.2, 0) is 14.3 Å². The predicted octanol–water partition coefficient (Wildman–Crippen LogP) is 3.87. The summed E-state index contributed by atoms with van der Waals surface area (Å²) in [6, 6.07) is 13.8. The quantitative estimate of drug-likeness (QED) is 0.426. The van der Waals surface area contributed by atoms with Gasteiger partial charge in [-0.25, -0.2) is 4.79 Å². The number of Topliss-reactive ketones (excluding diaryl/α,β-unsaturated/α-hetero) is 1. The molecule has 0 heterocycles. The van der Waals surface area contributed by atoms with Gasteiger partial charge in [-0.3, -0.25) is 9.59 Å². The summed E-state index contributed by atoms with van der Waals surface area (Å²) in [5, 5.41) is 2.63. The molecule has 0 aliphatic rings. The van der Waals surface area contributed by atoms with Crippen LogP contribution in [0, 0.1) is 0 Å². The van der Waals surface area contributed by atoms with E-state index in [2.05, 4.69) is 5.32 Å². The van der Waals surface area contributed by atoms with Crippen LogP contribution in [0.15, 0.2) is 54.6 Å². The van der Waals surface area contributed by atoms with Crippen molar-refractivity contribution in [3.63, 3.8) is 0 Å². The van der Waals surface area contributed by atoms with Crippen molar-refractivity contribution < 1.29 is 23.9 Å². The Hall–Kier alpha value is -3.41. The van der Waals surface area contributed by atoms with Crippen molar-refractivity contribution in [2.45, 2.75) is 26.9 Å². The van der Waals surface area contributed by atoms with E-state index in [1.165, 1.54) is 19.9 Å². The zero-order valence-electron chi connectivity index (χ0n) is 16.1. The number of anilines is 1. The van der Waals surface area contributed by atoms with E-state index in [1.54, 1.807) is 42.5 Å². The first-order valence-electron chi connectivity index (χ1n) is 8.92. The molecule has 0 radical (unpaired) electrons. The highest BCUT2D eigenvalue weighted by molar-refractivity contribution is 5.99. The molecule has 6 heteroatoms. The molecule has 0 fully saturated rings. The molecule has 0 saturated carbocycles. The highest BCUT2D eigenvalue weighted by Crippen LogP contribution is 2.14. The lowest BCUT2D eigenvalue weighted by Crippen LogP contribution is -2.29. The summed E-state index contributed by atoms with van der Waals surface area (Å²) < 4.78 is 10.5. The van der Waals surface area contributed by atoms with Crippen LogP contribution in [0.1, 0.15) is 36.7 Å². The molecule has 0 spiro atoms. The molecule has 0 unspecified atom stereocenters. The van der Waals surface area contributed by atoms with Gasteiger partial charge in [0.2, 0.25) is 0 Å². The molecule has 1 amide bonds. The molecular formula is C22H23NO5. The Bertz CT molecular complexity index is 871. The molecule has 0 aliphatic carbocycles. The van der Waals surface area contributed by atoms with Crippen LogP contribution in [0.2, 0.25) is 0 Å². The van der Waals surface area contributed by atoms with Crippen molar-refractivity contribution in [1.29, 1.82) is 0 Å². The van der Waals surface area contributed by atoms with Crippen LogP contribution in [0.3, 0.4) is 0 Å². The molecule has 146 valence electrons. The van der Waals surface area contributed by atoms with Gasteiger partial charge in [0.25, 0.3) is 5.91 Å². The van der Waals surface area contributed by atoms with Gasteiger partial charge >= 0.3 is 5.97 Å². The number of amides is 1. The Balaban J connectivity index is 1.89. The van der Waals surface area contributed by atoms with Crippen LogP contribution >= 0.6 is 0 Å². The summed E-state index contributed by atoms with van der Waals surface area (Å²) in [4.78, 5) is 35.5. The highest BCUT2D eigenvalue weighted by Gasteiger charge is 2.17. The summed E-state index contributed by atoms with van der Waals surface area (Å²) in [5.74, 6) is -0.464. The van der Waals surface area contributed by atoms with Crippen molar-refractivity contribution in [2.75, 3.05) is 11.9 Å². The molecule has 28 heavy (non-hydrogen) atoms. The molecule has 2 rings (SSSR count). The largest absolute Gasteiger partial charge is 0.494 e. The lowest BCUT2D eigenvalue weighted by atomic mass is 10.1. The minimum absolute atomic E-state index is 0.102. The van der Waals surface area contributed by atoms with Crippen LogP contribution in [0.25, 0.3) is 6.08 Å². The number of carbonyl (C=O) groups excluding carboxylic acids is 3. The summed E-state index contributed by atoms with van der Waals surface area (Å²) in [5.41, 5.74) is 1.75. The number of benzene rings is 2. The van der Waals surface area contributed by atoms with Gasteiger partial charge in [-0.2, -0.15) is 0 Å². The lowest BCUT2D eigenvalue weighted by molar-refractivity contribution is -0.148. The van der Waals surface area contributed by atoms with Gasteiger partial charge < -0.3 is 14.8 Å². The third-order valence-corrected chi connectivity index (χ3v) is 3.80. The topological polar surface area (TPSA) is 81.7 Å². The van der Waals surface area contributed by atoms with Crippen molar-refractivity contribution >= 4 is 29.4 Å².